The maximum absolute atomic E-state index is 12.8. The molecule has 1 aliphatic heterocycles. The van der Waals surface area contributed by atoms with E-state index in [9.17, 15) is 9.59 Å². The minimum absolute atomic E-state index is 0.271. The highest BCUT2D eigenvalue weighted by Gasteiger charge is 2.21. The number of amidine groups is 1. The maximum Gasteiger partial charge on any atom is 0.261 e. The number of hydrogen-bond donors (Lipinski definition) is 3. The minimum Gasteiger partial charge on any atom is -0.356 e. The number of likely N-dealkylation sites (tertiary alicyclic amines) is 1. The number of nitrogens with one attached hydrogen (secondary N) is 3. The fourth-order valence-corrected chi connectivity index (χ4v) is 3.27. The number of benzene rings is 2. The number of carbonyl (C=O) groups is 2. The molecule has 31 heavy (non-hydrogen) atoms. The molecule has 0 atom stereocenters. The fourth-order valence-electron chi connectivity index (χ4n) is 3.27. The van der Waals surface area contributed by atoms with E-state index in [1.807, 2.05) is 36.1 Å². The standard InChI is InChI=1S/C23H24N6O2/c1-15-4-10-18(11-5-15)26-23(31)19-14-25-28(2)21(19)27-22(30)17-8-6-16(7-9-17)20(24)29-12-3-13-29/h4-11,14,24H,3,12-13H2,1-2H3,(H,26,31)(H,27,30). The van der Waals surface area contributed by atoms with Crippen molar-refractivity contribution in [2.75, 3.05) is 23.7 Å². The van der Waals surface area contributed by atoms with E-state index in [1.54, 1.807) is 31.3 Å². The summed E-state index contributed by atoms with van der Waals surface area (Å²) in [5.41, 5.74) is 3.24. The van der Waals surface area contributed by atoms with E-state index in [1.165, 1.54) is 10.9 Å². The maximum atomic E-state index is 12.8. The largest absolute Gasteiger partial charge is 0.356 e. The van der Waals surface area contributed by atoms with Gasteiger partial charge in [0.25, 0.3) is 11.8 Å². The van der Waals surface area contributed by atoms with Gasteiger partial charge in [0.1, 0.15) is 17.2 Å². The predicted octanol–water partition coefficient (Wildman–Crippen LogP) is 3.26. The van der Waals surface area contributed by atoms with E-state index >= 15 is 0 Å². The molecular formula is C23H24N6O2. The first kappa shape index (κ1) is 20.3. The van der Waals surface area contributed by atoms with Crippen LogP contribution >= 0.6 is 0 Å². The lowest BCUT2D eigenvalue weighted by molar-refractivity contribution is 0.102. The van der Waals surface area contributed by atoms with Gasteiger partial charge in [-0.3, -0.25) is 19.7 Å². The quantitative estimate of drug-likeness (QED) is 0.439. The van der Waals surface area contributed by atoms with Crippen LogP contribution in [-0.2, 0) is 7.05 Å². The number of hydrogen-bond acceptors (Lipinski definition) is 4. The number of anilines is 2. The number of carbonyl (C=O) groups excluding carboxylic acids is 2. The first-order chi connectivity index (χ1) is 14.9. The van der Waals surface area contributed by atoms with E-state index in [2.05, 4.69) is 15.7 Å². The Kier molecular flexibility index (Phi) is 5.53. The zero-order valence-corrected chi connectivity index (χ0v) is 17.5. The van der Waals surface area contributed by atoms with E-state index in [0.29, 0.717) is 22.9 Å². The summed E-state index contributed by atoms with van der Waals surface area (Å²) in [6.07, 6.45) is 2.53. The van der Waals surface area contributed by atoms with E-state index in [0.717, 1.165) is 30.6 Å². The lowest BCUT2D eigenvalue weighted by Gasteiger charge is -2.33. The number of nitrogens with zero attached hydrogens (tertiary/aromatic N) is 3. The molecule has 1 saturated heterocycles. The number of aromatic nitrogens is 2. The highest BCUT2D eigenvalue weighted by Crippen LogP contribution is 2.19. The van der Waals surface area contributed by atoms with Gasteiger partial charge in [0.15, 0.2) is 0 Å². The first-order valence-electron chi connectivity index (χ1n) is 10.1. The third kappa shape index (κ3) is 4.32. The van der Waals surface area contributed by atoms with Gasteiger partial charge < -0.3 is 15.5 Å². The van der Waals surface area contributed by atoms with E-state index < -0.39 is 0 Å². The molecule has 0 radical (unpaired) electrons. The lowest BCUT2D eigenvalue weighted by atomic mass is 10.1. The molecule has 158 valence electrons. The average molecular weight is 416 g/mol. The lowest BCUT2D eigenvalue weighted by Crippen LogP contribution is -2.42. The highest BCUT2D eigenvalue weighted by atomic mass is 16.2. The van der Waals surface area contributed by atoms with Crippen LogP contribution in [0.25, 0.3) is 0 Å². The van der Waals surface area contributed by atoms with Crippen LogP contribution in [-0.4, -0.2) is 45.4 Å². The predicted molar refractivity (Wildman–Crippen MR) is 120 cm³/mol. The van der Waals surface area contributed by atoms with Crippen molar-refractivity contribution in [2.24, 2.45) is 7.05 Å². The van der Waals surface area contributed by atoms with Crippen LogP contribution in [0.15, 0.2) is 54.7 Å². The molecule has 0 unspecified atom stereocenters. The highest BCUT2D eigenvalue weighted by molar-refractivity contribution is 6.12. The summed E-state index contributed by atoms with van der Waals surface area (Å²) in [5, 5.41) is 17.9. The number of amides is 2. The van der Waals surface area contributed by atoms with Crippen LogP contribution < -0.4 is 10.6 Å². The summed E-state index contributed by atoms with van der Waals surface area (Å²) < 4.78 is 1.45. The topological polar surface area (TPSA) is 103 Å². The molecule has 1 aromatic heterocycles. The van der Waals surface area contributed by atoms with Crippen LogP contribution in [0, 0.1) is 12.3 Å². The molecule has 2 amide bonds. The zero-order valence-electron chi connectivity index (χ0n) is 17.5. The van der Waals surface area contributed by atoms with Crippen molar-refractivity contribution in [2.45, 2.75) is 13.3 Å². The van der Waals surface area contributed by atoms with Gasteiger partial charge in [0, 0.05) is 37.0 Å². The van der Waals surface area contributed by atoms with Gasteiger partial charge >= 0.3 is 0 Å². The normalized spacial score (nSPS) is 12.8. The Morgan fingerprint density at radius 1 is 0.935 bits per heavy atom. The van der Waals surface area contributed by atoms with Crippen LogP contribution in [0.3, 0.4) is 0 Å². The third-order valence-corrected chi connectivity index (χ3v) is 5.32. The van der Waals surface area contributed by atoms with Gasteiger partial charge in [0.2, 0.25) is 0 Å². The van der Waals surface area contributed by atoms with Gasteiger partial charge in [-0.2, -0.15) is 5.10 Å². The van der Waals surface area contributed by atoms with Gasteiger partial charge in [0.05, 0.1) is 6.20 Å². The molecule has 0 aliphatic carbocycles. The van der Waals surface area contributed by atoms with Crippen molar-refractivity contribution < 1.29 is 9.59 Å². The first-order valence-corrected chi connectivity index (χ1v) is 10.1. The van der Waals surface area contributed by atoms with Gasteiger partial charge in [-0.1, -0.05) is 29.8 Å². The van der Waals surface area contributed by atoms with Crippen molar-refractivity contribution in [3.63, 3.8) is 0 Å². The summed E-state index contributed by atoms with van der Waals surface area (Å²) in [4.78, 5) is 27.5. The molecule has 0 saturated carbocycles. The van der Waals surface area contributed by atoms with E-state index in [4.69, 9.17) is 5.41 Å². The Morgan fingerprint density at radius 2 is 1.58 bits per heavy atom. The Labute approximate surface area is 180 Å². The van der Waals surface area contributed by atoms with Gasteiger partial charge in [-0.25, -0.2) is 0 Å². The summed E-state index contributed by atoms with van der Waals surface area (Å²) in [6.45, 7) is 3.77. The molecule has 0 spiro atoms. The SMILES string of the molecule is Cc1ccc(NC(=O)c2cnn(C)c2NC(=O)c2ccc(C(=N)N3CCC3)cc2)cc1. The van der Waals surface area contributed by atoms with Crippen molar-refractivity contribution in [1.82, 2.24) is 14.7 Å². The van der Waals surface area contributed by atoms with Crippen LogP contribution in [0.2, 0.25) is 0 Å². The molecule has 8 heteroatoms. The zero-order chi connectivity index (χ0) is 22.0. The molecule has 0 bridgehead atoms. The minimum atomic E-state index is -0.356. The van der Waals surface area contributed by atoms with Crippen LogP contribution in [0.4, 0.5) is 11.5 Å². The molecule has 3 aromatic rings. The molecular weight excluding hydrogens is 392 g/mol. The van der Waals surface area contributed by atoms with Crippen LogP contribution in [0.5, 0.6) is 0 Å². The second-order valence-electron chi connectivity index (χ2n) is 7.57. The third-order valence-electron chi connectivity index (χ3n) is 5.32. The van der Waals surface area contributed by atoms with Crippen LogP contribution in [0.1, 0.15) is 38.3 Å². The van der Waals surface area contributed by atoms with Crippen molar-refractivity contribution in [3.8, 4) is 0 Å². The second kappa shape index (κ2) is 8.43. The van der Waals surface area contributed by atoms with E-state index in [-0.39, 0.29) is 17.4 Å². The number of rotatable bonds is 5. The van der Waals surface area contributed by atoms with Gasteiger partial charge in [-0.05, 0) is 37.6 Å². The summed E-state index contributed by atoms with van der Waals surface area (Å²) in [5.74, 6) is 0.0764. The van der Waals surface area contributed by atoms with Crippen molar-refractivity contribution in [3.05, 3.63) is 77.0 Å². The van der Waals surface area contributed by atoms with Gasteiger partial charge in [-0.15, -0.1) is 0 Å². The Bertz CT molecular complexity index is 1130. The van der Waals surface area contributed by atoms with Crippen molar-refractivity contribution in [1.29, 1.82) is 5.41 Å². The average Bonchev–Trinajstić information content (AvgIpc) is 3.09. The molecule has 1 fully saturated rings. The summed E-state index contributed by atoms with van der Waals surface area (Å²) in [7, 11) is 1.66. The monoisotopic (exact) mass is 416 g/mol. The molecule has 4 rings (SSSR count). The molecule has 8 nitrogen and oxygen atoms in total. The molecule has 2 aromatic carbocycles. The Balaban J connectivity index is 1.47. The Hall–Kier alpha value is -3.94. The summed E-state index contributed by atoms with van der Waals surface area (Å²) in [6, 6.07) is 14.4. The molecule has 2 heterocycles. The molecule has 1 aliphatic rings. The second-order valence-corrected chi connectivity index (χ2v) is 7.57. The molecule has 3 N–H and O–H groups in total. The van der Waals surface area contributed by atoms with Crippen molar-refractivity contribution >= 4 is 29.2 Å². The fraction of sp³-hybridized carbons (Fsp3) is 0.217. The smallest absolute Gasteiger partial charge is 0.261 e. The summed E-state index contributed by atoms with van der Waals surface area (Å²) >= 11 is 0. The number of aryl methyl sites for hydroxylation is 2. The Morgan fingerprint density at radius 3 is 2.19 bits per heavy atom.